The van der Waals surface area contributed by atoms with Crippen LogP contribution in [-0.4, -0.2) is 16.1 Å². The molecule has 0 bridgehead atoms. The molecule has 0 atom stereocenters. The van der Waals surface area contributed by atoms with Crippen LogP contribution in [0, 0.1) is 0 Å². The van der Waals surface area contributed by atoms with Gasteiger partial charge in [-0.25, -0.2) is 0 Å². The first-order chi connectivity index (χ1) is 8.99. The maximum atomic E-state index is 10.9. The number of benzene rings is 1. The highest BCUT2D eigenvalue weighted by Crippen LogP contribution is 2.35. The van der Waals surface area contributed by atoms with E-state index in [0.29, 0.717) is 31.9 Å². The molecule has 0 saturated heterocycles. The Hall–Kier alpha value is -1.29. The van der Waals surface area contributed by atoms with Crippen molar-refractivity contribution in [2.24, 2.45) is 0 Å². The SMILES string of the molecule is O=C(O)Cc1ncc(Cl)cc1-c1cccc(Cl)c1Cl. The Morgan fingerprint density at radius 1 is 1.21 bits per heavy atom. The third-order valence-electron chi connectivity index (χ3n) is 2.50. The minimum absolute atomic E-state index is 0.213. The van der Waals surface area contributed by atoms with Crippen LogP contribution in [0.3, 0.4) is 0 Å². The summed E-state index contributed by atoms with van der Waals surface area (Å²) in [4.78, 5) is 14.9. The molecular weight excluding hydrogens is 309 g/mol. The van der Waals surface area contributed by atoms with Gasteiger partial charge in [0, 0.05) is 17.3 Å². The van der Waals surface area contributed by atoms with Gasteiger partial charge in [-0.2, -0.15) is 0 Å². The second-order valence-corrected chi connectivity index (χ2v) is 5.04. The van der Waals surface area contributed by atoms with Crippen molar-refractivity contribution in [1.82, 2.24) is 4.98 Å². The molecule has 0 spiro atoms. The van der Waals surface area contributed by atoms with Gasteiger partial charge >= 0.3 is 5.97 Å². The number of nitrogens with zero attached hydrogens (tertiary/aromatic N) is 1. The van der Waals surface area contributed by atoms with E-state index in [1.54, 1.807) is 24.3 Å². The van der Waals surface area contributed by atoms with E-state index in [9.17, 15) is 4.79 Å². The van der Waals surface area contributed by atoms with Crippen molar-refractivity contribution in [3.05, 3.63) is 51.2 Å². The summed E-state index contributed by atoms with van der Waals surface area (Å²) in [6.45, 7) is 0. The largest absolute Gasteiger partial charge is 0.481 e. The Morgan fingerprint density at radius 2 is 1.95 bits per heavy atom. The summed E-state index contributed by atoms with van der Waals surface area (Å²) in [6, 6.07) is 6.76. The molecule has 0 fully saturated rings. The van der Waals surface area contributed by atoms with Crippen molar-refractivity contribution < 1.29 is 9.90 Å². The monoisotopic (exact) mass is 315 g/mol. The van der Waals surface area contributed by atoms with Gasteiger partial charge in [0.25, 0.3) is 0 Å². The lowest BCUT2D eigenvalue weighted by atomic mass is 10.0. The molecule has 2 rings (SSSR count). The molecule has 0 aliphatic rings. The van der Waals surface area contributed by atoms with E-state index < -0.39 is 5.97 Å². The third-order valence-corrected chi connectivity index (χ3v) is 3.52. The fourth-order valence-electron chi connectivity index (χ4n) is 1.70. The van der Waals surface area contributed by atoms with Crippen LogP contribution >= 0.6 is 34.8 Å². The number of halogens is 3. The molecule has 1 aromatic carbocycles. The van der Waals surface area contributed by atoms with E-state index in [1.807, 2.05) is 0 Å². The average Bonchev–Trinajstić information content (AvgIpc) is 2.35. The number of hydrogen-bond acceptors (Lipinski definition) is 2. The zero-order valence-electron chi connectivity index (χ0n) is 9.53. The highest BCUT2D eigenvalue weighted by molar-refractivity contribution is 6.43. The van der Waals surface area contributed by atoms with Crippen LogP contribution in [0.4, 0.5) is 0 Å². The van der Waals surface area contributed by atoms with Crippen LogP contribution in [-0.2, 0) is 11.2 Å². The number of aromatic nitrogens is 1. The minimum Gasteiger partial charge on any atom is -0.481 e. The fraction of sp³-hybridized carbons (Fsp3) is 0.0769. The molecule has 0 amide bonds. The average molecular weight is 317 g/mol. The summed E-state index contributed by atoms with van der Waals surface area (Å²) in [5.74, 6) is -0.978. The van der Waals surface area contributed by atoms with Crippen LogP contribution < -0.4 is 0 Å². The van der Waals surface area contributed by atoms with Gasteiger partial charge in [0.2, 0.25) is 0 Å². The number of hydrogen-bond donors (Lipinski definition) is 1. The van der Waals surface area contributed by atoms with Crippen molar-refractivity contribution in [3.63, 3.8) is 0 Å². The molecular formula is C13H8Cl3NO2. The first kappa shape index (κ1) is 14.1. The summed E-state index contributed by atoms with van der Waals surface area (Å²) < 4.78 is 0. The maximum absolute atomic E-state index is 10.9. The highest BCUT2D eigenvalue weighted by atomic mass is 35.5. The Bertz CT molecular complexity index is 644. The Kier molecular flexibility index (Phi) is 4.30. The summed E-state index contributed by atoms with van der Waals surface area (Å²) in [5, 5.41) is 10.0. The smallest absolute Gasteiger partial charge is 0.309 e. The fourth-order valence-corrected chi connectivity index (χ4v) is 2.26. The molecule has 0 saturated carbocycles. The summed E-state index contributed by atoms with van der Waals surface area (Å²) in [6.07, 6.45) is 1.19. The second kappa shape index (κ2) is 5.78. The van der Waals surface area contributed by atoms with Crippen molar-refractivity contribution in [2.45, 2.75) is 6.42 Å². The van der Waals surface area contributed by atoms with Crippen molar-refractivity contribution >= 4 is 40.8 Å². The molecule has 3 nitrogen and oxygen atoms in total. The highest BCUT2D eigenvalue weighted by Gasteiger charge is 2.14. The van der Waals surface area contributed by atoms with Crippen LogP contribution in [0.5, 0.6) is 0 Å². The molecule has 1 heterocycles. The Morgan fingerprint density at radius 3 is 2.63 bits per heavy atom. The molecule has 0 radical (unpaired) electrons. The topological polar surface area (TPSA) is 50.2 Å². The molecule has 1 N–H and O–H groups in total. The quantitative estimate of drug-likeness (QED) is 0.916. The summed E-state index contributed by atoms with van der Waals surface area (Å²) >= 11 is 18.0. The first-order valence-electron chi connectivity index (χ1n) is 5.29. The number of pyridine rings is 1. The molecule has 0 unspecified atom stereocenters. The van der Waals surface area contributed by atoms with Crippen LogP contribution in [0.2, 0.25) is 15.1 Å². The standard InChI is InChI=1S/C13H8Cl3NO2/c14-7-4-9(11(17-6-7)5-12(18)19)8-2-1-3-10(15)13(8)16/h1-4,6H,5H2,(H,18,19). The van der Waals surface area contributed by atoms with Crippen molar-refractivity contribution in [1.29, 1.82) is 0 Å². The third kappa shape index (κ3) is 3.18. The lowest BCUT2D eigenvalue weighted by Crippen LogP contribution is -2.04. The number of aliphatic carboxylic acids is 1. The lowest BCUT2D eigenvalue weighted by Gasteiger charge is -2.10. The van der Waals surface area contributed by atoms with Gasteiger partial charge in [-0.05, 0) is 12.1 Å². The van der Waals surface area contributed by atoms with Crippen LogP contribution in [0.1, 0.15) is 5.69 Å². The van der Waals surface area contributed by atoms with E-state index in [4.69, 9.17) is 39.9 Å². The van der Waals surface area contributed by atoms with Gasteiger partial charge in [-0.1, -0.05) is 46.9 Å². The first-order valence-corrected chi connectivity index (χ1v) is 6.43. The van der Waals surface area contributed by atoms with Gasteiger partial charge in [0.1, 0.15) is 0 Å². The molecule has 98 valence electrons. The molecule has 2 aromatic rings. The van der Waals surface area contributed by atoms with Gasteiger partial charge in [-0.15, -0.1) is 0 Å². The zero-order chi connectivity index (χ0) is 14.0. The van der Waals surface area contributed by atoms with Crippen LogP contribution in [0.15, 0.2) is 30.5 Å². The van der Waals surface area contributed by atoms with Crippen molar-refractivity contribution in [2.75, 3.05) is 0 Å². The molecule has 0 aliphatic carbocycles. The van der Waals surface area contributed by atoms with E-state index in [-0.39, 0.29) is 6.42 Å². The molecule has 6 heteroatoms. The van der Waals surface area contributed by atoms with E-state index >= 15 is 0 Å². The van der Waals surface area contributed by atoms with Gasteiger partial charge in [0.15, 0.2) is 0 Å². The van der Waals surface area contributed by atoms with Crippen LogP contribution in [0.25, 0.3) is 11.1 Å². The minimum atomic E-state index is -0.978. The van der Waals surface area contributed by atoms with E-state index in [2.05, 4.69) is 4.98 Å². The predicted molar refractivity (Wildman–Crippen MR) is 76.0 cm³/mol. The summed E-state index contributed by atoms with van der Waals surface area (Å²) in [7, 11) is 0. The number of carbonyl (C=O) groups is 1. The van der Waals surface area contributed by atoms with Crippen molar-refractivity contribution in [3.8, 4) is 11.1 Å². The normalized spacial score (nSPS) is 10.5. The summed E-state index contributed by atoms with van der Waals surface area (Å²) in [5.41, 5.74) is 1.57. The second-order valence-electron chi connectivity index (χ2n) is 3.82. The number of carboxylic acid groups (broad SMARTS) is 1. The predicted octanol–water partition coefficient (Wildman–Crippen LogP) is 4.34. The van der Waals surface area contributed by atoms with Gasteiger partial charge in [-0.3, -0.25) is 9.78 Å². The van der Waals surface area contributed by atoms with E-state index in [0.717, 1.165) is 0 Å². The van der Waals surface area contributed by atoms with E-state index in [1.165, 1.54) is 6.20 Å². The Labute approximate surface area is 124 Å². The van der Waals surface area contributed by atoms with Gasteiger partial charge in [0.05, 0.1) is 27.2 Å². The maximum Gasteiger partial charge on any atom is 0.309 e. The number of carboxylic acids is 1. The lowest BCUT2D eigenvalue weighted by molar-refractivity contribution is -0.136. The molecule has 0 aliphatic heterocycles. The van der Waals surface area contributed by atoms with Gasteiger partial charge < -0.3 is 5.11 Å². The molecule has 1 aromatic heterocycles. The Balaban J connectivity index is 2.62. The zero-order valence-corrected chi connectivity index (χ0v) is 11.8. The number of rotatable bonds is 3. The molecule has 19 heavy (non-hydrogen) atoms.